The zero-order valence-corrected chi connectivity index (χ0v) is 18.1. The van der Waals surface area contributed by atoms with Crippen molar-refractivity contribution in [3.63, 3.8) is 0 Å². The van der Waals surface area contributed by atoms with E-state index < -0.39 is 5.97 Å². The Kier molecular flexibility index (Phi) is 6.82. The van der Waals surface area contributed by atoms with Crippen LogP contribution in [0.4, 0.5) is 0 Å². The van der Waals surface area contributed by atoms with Gasteiger partial charge in [-0.25, -0.2) is 4.79 Å². The second-order valence-electron chi connectivity index (χ2n) is 8.19. The Morgan fingerprint density at radius 1 is 1.19 bits per heavy atom. The summed E-state index contributed by atoms with van der Waals surface area (Å²) in [5, 5.41) is 14.2. The third kappa shape index (κ3) is 5.61. The molecule has 6 heteroatoms. The average Bonchev–Trinajstić information content (AvgIpc) is 3.45. The molecule has 0 amide bonds. The maximum absolute atomic E-state index is 10.7. The van der Waals surface area contributed by atoms with Crippen LogP contribution >= 0.6 is 11.6 Å². The van der Waals surface area contributed by atoms with E-state index in [2.05, 4.69) is 15.9 Å². The highest BCUT2D eigenvalue weighted by Crippen LogP contribution is 2.34. The second-order valence-corrected chi connectivity index (χ2v) is 8.59. The molecule has 0 aliphatic heterocycles. The SMILES string of the molecule is O=C(O)/C=C/c1ccc(C[C@H](CC2CCCC2)n2cc(-c3ccccc3Cl)cn2)nc1. The summed E-state index contributed by atoms with van der Waals surface area (Å²) in [4.78, 5) is 15.3. The highest BCUT2D eigenvalue weighted by molar-refractivity contribution is 6.33. The second kappa shape index (κ2) is 9.92. The minimum atomic E-state index is -0.964. The lowest BCUT2D eigenvalue weighted by Gasteiger charge is -2.21. The number of carboxylic acid groups (broad SMARTS) is 1. The number of rotatable bonds is 8. The fourth-order valence-corrected chi connectivity index (χ4v) is 4.60. The van der Waals surface area contributed by atoms with Gasteiger partial charge in [0.15, 0.2) is 0 Å². The standard InChI is InChI=1S/C25H26ClN3O2/c26-24-8-4-3-7-23(24)20-16-28-29(17-20)22(13-18-5-1-2-6-18)14-21-11-9-19(15-27-21)10-12-25(30)31/h3-4,7-12,15-18,22H,1-2,5-6,13-14H2,(H,30,31)/b12-10+/t22-/m0/s1. The lowest BCUT2D eigenvalue weighted by atomic mass is 9.95. The molecule has 1 aliphatic carbocycles. The third-order valence-corrected chi connectivity index (χ3v) is 6.28. The number of carbonyl (C=O) groups is 1. The highest BCUT2D eigenvalue weighted by atomic mass is 35.5. The van der Waals surface area contributed by atoms with Gasteiger partial charge in [-0.1, -0.05) is 61.5 Å². The van der Waals surface area contributed by atoms with Gasteiger partial charge in [0.25, 0.3) is 0 Å². The molecule has 0 unspecified atom stereocenters. The monoisotopic (exact) mass is 435 g/mol. The molecule has 2 heterocycles. The predicted octanol–water partition coefficient (Wildman–Crippen LogP) is 6.06. The van der Waals surface area contributed by atoms with Crippen LogP contribution in [0.3, 0.4) is 0 Å². The molecule has 1 aliphatic rings. The Balaban J connectivity index is 1.55. The number of pyridine rings is 1. The highest BCUT2D eigenvalue weighted by Gasteiger charge is 2.23. The van der Waals surface area contributed by atoms with Crippen molar-refractivity contribution in [3.8, 4) is 11.1 Å². The summed E-state index contributed by atoms with van der Waals surface area (Å²) in [6.45, 7) is 0. The van der Waals surface area contributed by atoms with Crippen molar-refractivity contribution in [1.82, 2.24) is 14.8 Å². The van der Waals surface area contributed by atoms with Crippen molar-refractivity contribution in [1.29, 1.82) is 0 Å². The van der Waals surface area contributed by atoms with E-state index in [1.165, 1.54) is 25.7 Å². The Labute approximate surface area is 187 Å². The van der Waals surface area contributed by atoms with E-state index in [-0.39, 0.29) is 6.04 Å². The van der Waals surface area contributed by atoms with E-state index in [9.17, 15) is 4.79 Å². The number of benzene rings is 1. The average molecular weight is 436 g/mol. The van der Waals surface area contributed by atoms with Crippen molar-refractivity contribution in [2.24, 2.45) is 5.92 Å². The van der Waals surface area contributed by atoms with Gasteiger partial charge in [0.05, 0.1) is 12.2 Å². The summed E-state index contributed by atoms with van der Waals surface area (Å²) < 4.78 is 2.07. The van der Waals surface area contributed by atoms with Crippen molar-refractivity contribution in [2.75, 3.05) is 0 Å². The molecular weight excluding hydrogens is 410 g/mol. The molecule has 160 valence electrons. The van der Waals surface area contributed by atoms with Gasteiger partial charge in [0.1, 0.15) is 0 Å². The number of aromatic nitrogens is 3. The van der Waals surface area contributed by atoms with Gasteiger partial charge in [-0.3, -0.25) is 9.67 Å². The summed E-state index contributed by atoms with van der Waals surface area (Å²) in [6.07, 6.45) is 15.4. The molecule has 5 nitrogen and oxygen atoms in total. The minimum absolute atomic E-state index is 0.215. The van der Waals surface area contributed by atoms with Gasteiger partial charge in [0.2, 0.25) is 0 Å². The molecule has 0 saturated heterocycles. The van der Waals surface area contributed by atoms with E-state index >= 15 is 0 Å². The summed E-state index contributed by atoms with van der Waals surface area (Å²) in [7, 11) is 0. The van der Waals surface area contributed by atoms with Gasteiger partial charge in [-0.2, -0.15) is 5.10 Å². The molecule has 4 rings (SSSR count). The number of halogens is 1. The number of aliphatic carboxylic acids is 1. The first-order chi connectivity index (χ1) is 15.1. The lowest BCUT2D eigenvalue weighted by Crippen LogP contribution is -2.16. The quantitative estimate of drug-likeness (QED) is 0.436. The maximum Gasteiger partial charge on any atom is 0.328 e. The number of hydrogen-bond acceptors (Lipinski definition) is 3. The molecule has 1 fully saturated rings. The van der Waals surface area contributed by atoms with Crippen LogP contribution < -0.4 is 0 Å². The van der Waals surface area contributed by atoms with Crippen molar-refractivity contribution < 1.29 is 9.90 Å². The summed E-state index contributed by atoms with van der Waals surface area (Å²) >= 11 is 6.39. The molecule has 31 heavy (non-hydrogen) atoms. The van der Waals surface area contributed by atoms with Crippen LogP contribution in [0.1, 0.15) is 49.4 Å². The van der Waals surface area contributed by atoms with Gasteiger partial charge >= 0.3 is 5.97 Å². The van der Waals surface area contributed by atoms with E-state index in [4.69, 9.17) is 21.8 Å². The van der Waals surface area contributed by atoms with E-state index in [1.54, 1.807) is 12.3 Å². The summed E-state index contributed by atoms with van der Waals surface area (Å²) in [5.41, 5.74) is 3.76. The number of nitrogens with zero attached hydrogens (tertiary/aromatic N) is 3. The van der Waals surface area contributed by atoms with Crippen LogP contribution in [0.2, 0.25) is 5.02 Å². The third-order valence-electron chi connectivity index (χ3n) is 5.95. The Bertz CT molecular complexity index is 1050. The molecule has 0 spiro atoms. The zero-order chi connectivity index (χ0) is 21.6. The van der Waals surface area contributed by atoms with Crippen LogP contribution in [0.25, 0.3) is 17.2 Å². The lowest BCUT2D eigenvalue weighted by molar-refractivity contribution is -0.131. The topological polar surface area (TPSA) is 68.0 Å². The van der Waals surface area contributed by atoms with Crippen molar-refractivity contribution in [3.05, 3.63) is 77.3 Å². The number of hydrogen-bond donors (Lipinski definition) is 1. The Morgan fingerprint density at radius 2 is 2.00 bits per heavy atom. The molecule has 1 atom stereocenters. The van der Waals surface area contributed by atoms with Crippen LogP contribution in [-0.4, -0.2) is 25.8 Å². The summed E-state index contributed by atoms with van der Waals surface area (Å²) in [5.74, 6) is -0.246. The van der Waals surface area contributed by atoms with E-state index in [0.29, 0.717) is 0 Å². The number of carboxylic acids is 1. The fraction of sp³-hybridized carbons (Fsp3) is 0.320. The zero-order valence-electron chi connectivity index (χ0n) is 17.3. The van der Waals surface area contributed by atoms with Crippen LogP contribution in [0, 0.1) is 5.92 Å². The van der Waals surface area contributed by atoms with Crippen LogP contribution in [0.15, 0.2) is 61.1 Å². The predicted molar refractivity (Wildman–Crippen MR) is 123 cm³/mol. The first-order valence-electron chi connectivity index (χ1n) is 10.7. The normalized spacial score (nSPS) is 15.5. The minimum Gasteiger partial charge on any atom is -0.478 e. The molecule has 3 aromatic rings. The van der Waals surface area contributed by atoms with Gasteiger partial charge in [-0.15, -0.1) is 0 Å². The molecule has 0 bridgehead atoms. The van der Waals surface area contributed by atoms with Crippen LogP contribution in [-0.2, 0) is 11.2 Å². The van der Waals surface area contributed by atoms with Crippen molar-refractivity contribution >= 4 is 23.6 Å². The summed E-state index contributed by atoms with van der Waals surface area (Å²) in [6, 6.07) is 11.9. The van der Waals surface area contributed by atoms with Gasteiger partial charge < -0.3 is 5.11 Å². The molecular formula is C25H26ClN3O2. The smallest absolute Gasteiger partial charge is 0.328 e. The Morgan fingerprint density at radius 3 is 2.71 bits per heavy atom. The van der Waals surface area contributed by atoms with E-state index in [0.717, 1.165) is 52.2 Å². The molecule has 1 aromatic carbocycles. The first kappa shape index (κ1) is 21.3. The molecule has 2 aromatic heterocycles. The van der Waals surface area contributed by atoms with Gasteiger partial charge in [-0.05, 0) is 36.1 Å². The molecule has 1 N–H and O–H groups in total. The fourth-order valence-electron chi connectivity index (χ4n) is 4.35. The molecule has 0 radical (unpaired) electrons. The Hall–Kier alpha value is -2.92. The largest absolute Gasteiger partial charge is 0.478 e. The maximum atomic E-state index is 10.7. The van der Waals surface area contributed by atoms with Gasteiger partial charge in [0, 0.05) is 46.7 Å². The van der Waals surface area contributed by atoms with E-state index in [1.807, 2.05) is 42.6 Å². The van der Waals surface area contributed by atoms with Crippen molar-refractivity contribution in [2.45, 2.75) is 44.6 Å². The van der Waals surface area contributed by atoms with Crippen LogP contribution in [0.5, 0.6) is 0 Å². The first-order valence-corrected chi connectivity index (χ1v) is 11.1. The molecule has 1 saturated carbocycles.